The third-order valence-electron chi connectivity index (χ3n) is 4.47. The van der Waals surface area contributed by atoms with E-state index in [-0.39, 0.29) is 11.9 Å². The van der Waals surface area contributed by atoms with E-state index in [0.29, 0.717) is 6.42 Å². The van der Waals surface area contributed by atoms with Gasteiger partial charge in [0.25, 0.3) is 0 Å². The maximum atomic E-state index is 12.6. The maximum absolute atomic E-state index is 12.6. The lowest BCUT2D eigenvalue weighted by Gasteiger charge is -2.25. The number of likely N-dealkylation sites (tertiary alicyclic amines) is 1. The second-order valence-electron chi connectivity index (χ2n) is 5.97. The Kier molecular flexibility index (Phi) is 4.27. The number of carbonyl (C=O) groups excluding carboxylic acids is 1. The molecule has 1 aliphatic rings. The number of aryl methyl sites for hydroxylation is 3. The quantitative estimate of drug-likeness (QED) is 0.866. The summed E-state index contributed by atoms with van der Waals surface area (Å²) in [4.78, 5) is 14.6. The molecule has 0 radical (unpaired) electrons. The first-order chi connectivity index (χ1) is 10.7. The van der Waals surface area contributed by atoms with Crippen molar-refractivity contribution in [3.8, 4) is 0 Å². The molecule has 0 unspecified atom stereocenters. The van der Waals surface area contributed by atoms with Crippen molar-refractivity contribution in [1.29, 1.82) is 0 Å². The van der Waals surface area contributed by atoms with Gasteiger partial charge in [0.15, 0.2) is 0 Å². The number of nitrogens with zero attached hydrogens (tertiary/aromatic N) is 2. The van der Waals surface area contributed by atoms with Crippen LogP contribution in [0.3, 0.4) is 0 Å². The van der Waals surface area contributed by atoms with Gasteiger partial charge in [-0.3, -0.25) is 4.79 Å². The van der Waals surface area contributed by atoms with Crippen LogP contribution in [0.2, 0.25) is 0 Å². The molecule has 0 spiro atoms. The average Bonchev–Trinajstić information content (AvgIpc) is 3.12. The van der Waals surface area contributed by atoms with Gasteiger partial charge in [0.05, 0.1) is 11.7 Å². The van der Waals surface area contributed by atoms with Crippen molar-refractivity contribution in [1.82, 2.24) is 10.1 Å². The molecule has 1 aromatic heterocycles. The molecule has 0 aliphatic carbocycles. The van der Waals surface area contributed by atoms with Crippen molar-refractivity contribution in [2.75, 3.05) is 6.54 Å². The summed E-state index contributed by atoms with van der Waals surface area (Å²) in [6.45, 7) is 4.72. The van der Waals surface area contributed by atoms with Crippen LogP contribution in [-0.2, 0) is 11.2 Å². The summed E-state index contributed by atoms with van der Waals surface area (Å²) in [7, 11) is 0. The summed E-state index contributed by atoms with van der Waals surface area (Å²) in [5, 5.41) is 4.04. The van der Waals surface area contributed by atoms with Crippen molar-refractivity contribution in [2.45, 2.75) is 45.6 Å². The minimum absolute atomic E-state index is 0.134. The molecule has 0 saturated carbocycles. The zero-order chi connectivity index (χ0) is 15.5. The lowest BCUT2D eigenvalue weighted by molar-refractivity contribution is -0.132. The molecule has 4 nitrogen and oxygen atoms in total. The molecule has 2 heterocycles. The summed E-state index contributed by atoms with van der Waals surface area (Å²) in [6, 6.07) is 10.3. The second kappa shape index (κ2) is 6.34. The molecule has 3 rings (SSSR count). The summed E-state index contributed by atoms with van der Waals surface area (Å²) >= 11 is 0. The largest absolute Gasteiger partial charge is 0.361 e. The van der Waals surface area contributed by atoms with Gasteiger partial charge in [0.1, 0.15) is 5.76 Å². The van der Waals surface area contributed by atoms with Gasteiger partial charge in [0, 0.05) is 18.5 Å². The fraction of sp³-hybridized carbons (Fsp3) is 0.444. The molecule has 1 fully saturated rings. The fourth-order valence-electron chi connectivity index (χ4n) is 3.37. The van der Waals surface area contributed by atoms with Crippen molar-refractivity contribution < 1.29 is 9.32 Å². The molecular weight excluding hydrogens is 276 g/mol. The van der Waals surface area contributed by atoms with Crippen LogP contribution in [-0.4, -0.2) is 22.5 Å². The van der Waals surface area contributed by atoms with Gasteiger partial charge in [-0.2, -0.15) is 0 Å². The van der Waals surface area contributed by atoms with E-state index in [4.69, 9.17) is 4.52 Å². The Balaban J connectivity index is 1.69. The molecule has 1 atom stereocenters. The molecule has 1 saturated heterocycles. The van der Waals surface area contributed by atoms with Crippen molar-refractivity contribution in [3.05, 3.63) is 52.9 Å². The Labute approximate surface area is 131 Å². The molecule has 1 aliphatic heterocycles. The van der Waals surface area contributed by atoms with Crippen molar-refractivity contribution >= 4 is 5.91 Å². The predicted octanol–water partition coefficient (Wildman–Crippen LogP) is 3.59. The molecule has 116 valence electrons. The number of aromatic nitrogens is 1. The van der Waals surface area contributed by atoms with E-state index in [0.717, 1.165) is 42.8 Å². The molecule has 1 amide bonds. The summed E-state index contributed by atoms with van der Waals surface area (Å²) in [6.07, 6.45) is 3.40. The topological polar surface area (TPSA) is 46.3 Å². The Morgan fingerprint density at radius 2 is 2.09 bits per heavy atom. The van der Waals surface area contributed by atoms with Gasteiger partial charge in [0.2, 0.25) is 5.91 Å². The normalized spacial score (nSPS) is 17.9. The van der Waals surface area contributed by atoms with E-state index < -0.39 is 0 Å². The van der Waals surface area contributed by atoms with Gasteiger partial charge < -0.3 is 9.42 Å². The molecule has 0 N–H and O–H groups in total. The van der Waals surface area contributed by atoms with E-state index in [1.54, 1.807) is 0 Å². The van der Waals surface area contributed by atoms with Gasteiger partial charge in [-0.05, 0) is 38.7 Å². The molecule has 0 bridgehead atoms. The van der Waals surface area contributed by atoms with Gasteiger partial charge in [-0.15, -0.1) is 0 Å². The van der Waals surface area contributed by atoms with Crippen LogP contribution in [0.1, 0.15) is 47.9 Å². The summed E-state index contributed by atoms with van der Waals surface area (Å²) < 4.78 is 5.28. The van der Waals surface area contributed by atoms with E-state index in [1.165, 1.54) is 5.56 Å². The highest BCUT2D eigenvalue weighted by Gasteiger charge is 2.33. The SMILES string of the molecule is Cc1noc(C)c1[C@H]1CCCN1C(=O)CCc1ccccc1. The van der Waals surface area contributed by atoms with Gasteiger partial charge in [-0.25, -0.2) is 0 Å². The van der Waals surface area contributed by atoms with Gasteiger partial charge in [-0.1, -0.05) is 35.5 Å². The molecular formula is C18H22N2O2. The van der Waals surface area contributed by atoms with Crippen LogP contribution < -0.4 is 0 Å². The third-order valence-corrected chi connectivity index (χ3v) is 4.47. The Morgan fingerprint density at radius 3 is 2.77 bits per heavy atom. The van der Waals surface area contributed by atoms with E-state index >= 15 is 0 Å². The average molecular weight is 298 g/mol. The van der Waals surface area contributed by atoms with Crippen molar-refractivity contribution in [3.63, 3.8) is 0 Å². The van der Waals surface area contributed by atoms with E-state index in [1.807, 2.05) is 36.9 Å². The van der Waals surface area contributed by atoms with E-state index in [2.05, 4.69) is 17.3 Å². The zero-order valence-corrected chi connectivity index (χ0v) is 13.2. The van der Waals surface area contributed by atoms with Crippen LogP contribution in [0.4, 0.5) is 0 Å². The number of benzene rings is 1. The summed E-state index contributed by atoms with van der Waals surface area (Å²) in [5.41, 5.74) is 3.22. The minimum atomic E-state index is 0.134. The predicted molar refractivity (Wildman–Crippen MR) is 84.4 cm³/mol. The lowest BCUT2D eigenvalue weighted by atomic mass is 10.0. The number of rotatable bonds is 4. The highest BCUT2D eigenvalue weighted by Crippen LogP contribution is 2.35. The zero-order valence-electron chi connectivity index (χ0n) is 13.2. The standard InChI is InChI=1S/C18H22N2O2/c1-13-18(14(2)22-19-13)16-9-6-12-20(16)17(21)11-10-15-7-4-3-5-8-15/h3-5,7-8,16H,6,9-12H2,1-2H3/t16-/m1/s1. The molecule has 2 aromatic rings. The Morgan fingerprint density at radius 1 is 1.32 bits per heavy atom. The van der Waals surface area contributed by atoms with Gasteiger partial charge >= 0.3 is 0 Å². The highest BCUT2D eigenvalue weighted by atomic mass is 16.5. The first-order valence-electron chi connectivity index (χ1n) is 7.93. The van der Waals surface area contributed by atoms with Crippen LogP contribution in [0, 0.1) is 13.8 Å². The minimum Gasteiger partial charge on any atom is -0.361 e. The maximum Gasteiger partial charge on any atom is 0.223 e. The number of hydrogen-bond acceptors (Lipinski definition) is 3. The smallest absolute Gasteiger partial charge is 0.223 e. The molecule has 22 heavy (non-hydrogen) atoms. The van der Waals surface area contributed by atoms with Crippen LogP contribution >= 0.6 is 0 Å². The summed E-state index contributed by atoms with van der Waals surface area (Å²) in [5.74, 6) is 1.07. The highest BCUT2D eigenvalue weighted by molar-refractivity contribution is 5.77. The fourth-order valence-corrected chi connectivity index (χ4v) is 3.37. The second-order valence-corrected chi connectivity index (χ2v) is 5.97. The number of hydrogen-bond donors (Lipinski definition) is 0. The number of carbonyl (C=O) groups is 1. The molecule has 1 aromatic carbocycles. The van der Waals surface area contributed by atoms with Crippen LogP contribution in [0.5, 0.6) is 0 Å². The first kappa shape index (κ1) is 14.8. The van der Waals surface area contributed by atoms with Crippen molar-refractivity contribution in [2.24, 2.45) is 0 Å². The Hall–Kier alpha value is -2.10. The molecule has 4 heteroatoms. The monoisotopic (exact) mass is 298 g/mol. The third kappa shape index (κ3) is 2.91. The first-order valence-corrected chi connectivity index (χ1v) is 7.93. The van der Waals surface area contributed by atoms with Crippen LogP contribution in [0.15, 0.2) is 34.9 Å². The van der Waals surface area contributed by atoms with E-state index in [9.17, 15) is 4.79 Å². The Bertz CT molecular complexity index is 629. The lowest BCUT2D eigenvalue weighted by Crippen LogP contribution is -2.31. The van der Waals surface area contributed by atoms with Crippen LogP contribution in [0.25, 0.3) is 0 Å². The number of amides is 1.